The van der Waals surface area contributed by atoms with Crippen LogP contribution in [0.25, 0.3) is 6.08 Å². The number of nitrogens with zero attached hydrogens (tertiary/aromatic N) is 2. The average molecular weight is 319 g/mol. The van der Waals surface area contributed by atoms with Gasteiger partial charge in [0.25, 0.3) is 0 Å². The van der Waals surface area contributed by atoms with E-state index in [1.54, 1.807) is 35.2 Å². The molecule has 0 bridgehead atoms. The van der Waals surface area contributed by atoms with E-state index in [0.29, 0.717) is 41.0 Å². The highest BCUT2D eigenvalue weighted by Crippen LogP contribution is 2.31. The minimum absolute atomic E-state index is 0.140. The van der Waals surface area contributed by atoms with E-state index < -0.39 is 0 Å². The predicted octanol–water partition coefficient (Wildman–Crippen LogP) is 3.22. The van der Waals surface area contributed by atoms with Crippen LogP contribution in [0.1, 0.15) is 23.0 Å². The number of hydrogen-bond donors (Lipinski definition) is 0. The Morgan fingerprint density at radius 3 is 2.86 bits per heavy atom. The summed E-state index contributed by atoms with van der Waals surface area (Å²) in [5.41, 5.74) is 1.11. The molecule has 0 fully saturated rings. The van der Waals surface area contributed by atoms with Gasteiger partial charge in [0.2, 0.25) is 0 Å². The van der Waals surface area contributed by atoms with Crippen LogP contribution in [0, 0.1) is 0 Å². The molecule has 0 spiro atoms. The van der Waals surface area contributed by atoms with Crippen molar-refractivity contribution < 1.29 is 14.3 Å². The first-order chi connectivity index (χ1) is 10.7. The Kier molecular flexibility index (Phi) is 4.15. The van der Waals surface area contributed by atoms with Gasteiger partial charge in [-0.3, -0.25) is 9.48 Å². The first kappa shape index (κ1) is 14.7. The first-order valence-corrected chi connectivity index (χ1v) is 7.40. The molecule has 0 amide bonds. The summed E-state index contributed by atoms with van der Waals surface area (Å²) in [7, 11) is 0. The van der Waals surface area contributed by atoms with Gasteiger partial charge < -0.3 is 9.47 Å². The number of aryl methyl sites for hydroxylation is 1. The van der Waals surface area contributed by atoms with E-state index >= 15 is 0 Å². The lowest BCUT2D eigenvalue weighted by atomic mass is 10.1. The average Bonchev–Trinajstić information content (AvgIpc) is 2.92. The number of ketones is 1. The third kappa shape index (κ3) is 2.99. The van der Waals surface area contributed by atoms with Crippen LogP contribution in [0.4, 0.5) is 0 Å². The molecule has 0 saturated carbocycles. The van der Waals surface area contributed by atoms with Crippen molar-refractivity contribution in [2.24, 2.45) is 0 Å². The fourth-order valence-electron chi connectivity index (χ4n) is 2.13. The lowest BCUT2D eigenvalue weighted by Gasteiger charge is -2.18. The summed E-state index contributed by atoms with van der Waals surface area (Å²) in [6.45, 7) is 3.71. The Morgan fingerprint density at radius 2 is 2.14 bits per heavy atom. The van der Waals surface area contributed by atoms with Crippen LogP contribution in [-0.4, -0.2) is 28.8 Å². The standard InChI is InChI=1S/C16H15ClN2O3/c1-2-19-10-12(17)13(18-19)4-5-14(20)11-3-6-15-16(9-11)22-8-7-21-15/h3-6,9-10H,2,7-8H2,1H3/b5-4+. The van der Waals surface area contributed by atoms with E-state index in [1.807, 2.05) is 6.92 Å². The Hall–Kier alpha value is -2.27. The van der Waals surface area contributed by atoms with Gasteiger partial charge in [0.15, 0.2) is 17.3 Å². The van der Waals surface area contributed by atoms with E-state index in [1.165, 1.54) is 6.08 Å². The minimum atomic E-state index is -0.140. The van der Waals surface area contributed by atoms with Crippen molar-refractivity contribution in [3.63, 3.8) is 0 Å². The maximum atomic E-state index is 12.2. The SMILES string of the molecule is CCn1cc(Cl)c(/C=C/C(=O)c2ccc3c(c2)OCCO3)n1. The van der Waals surface area contributed by atoms with Crippen molar-refractivity contribution >= 4 is 23.5 Å². The number of fused-ring (bicyclic) bond motifs is 1. The second-order valence-electron chi connectivity index (χ2n) is 4.77. The lowest BCUT2D eigenvalue weighted by molar-refractivity contribution is 0.104. The molecule has 1 aromatic heterocycles. The number of halogens is 1. The highest BCUT2D eigenvalue weighted by atomic mass is 35.5. The molecule has 6 heteroatoms. The van der Waals surface area contributed by atoms with Gasteiger partial charge in [-0.25, -0.2) is 0 Å². The van der Waals surface area contributed by atoms with Crippen LogP contribution in [-0.2, 0) is 6.54 Å². The second kappa shape index (κ2) is 6.23. The number of carbonyl (C=O) groups is 1. The molecule has 0 unspecified atom stereocenters. The smallest absolute Gasteiger partial charge is 0.186 e. The minimum Gasteiger partial charge on any atom is -0.486 e. The maximum Gasteiger partial charge on any atom is 0.186 e. The number of benzene rings is 1. The molecule has 0 saturated heterocycles. The molecular formula is C16H15ClN2O3. The summed E-state index contributed by atoms with van der Waals surface area (Å²) >= 11 is 6.07. The molecule has 1 aliphatic heterocycles. The number of aromatic nitrogens is 2. The van der Waals surface area contributed by atoms with Crippen LogP contribution in [0.2, 0.25) is 5.02 Å². The molecule has 0 radical (unpaired) electrons. The Bertz CT molecular complexity index is 737. The number of hydrogen-bond acceptors (Lipinski definition) is 4. The monoisotopic (exact) mass is 318 g/mol. The molecule has 2 aromatic rings. The van der Waals surface area contributed by atoms with Crippen LogP contribution in [0.15, 0.2) is 30.5 Å². The Labute approximate surface area is 133 Å². The zero-order valence-electron chi connectivity index (χ0n) is 12.1. The van der Waals surface area contributed by atoms with Gasteiger partial charge in [-0.15, -0.1) is 0 Å². The van der Waals surface area contributed by atoms with Crippen LogP contribution < -0.4 is 9.47 Å². The predicted molar refractivity (Wildman–Crippen MR) is 83.7 cm³/mol. The van der Waals surface area contributed by atoms with Crippen molar-refractivity contribution in [1.82, 2.24) is 9.78 Å². The van der Waals surface area contributed by atoms with Crippen LogP contribution in [0.3, 0.4) is 0 Å². The summed E-state index contributed by atoms with van der Waals surface area (Å²) < 4.78 is 12.6. The normalized spacial score (nSPS) is 13.5. The summed E-state index contributed by atoms with van der Waals surface area (Å²) in [4.78, 5) is 12.2. The summed E-state index contributed by atoms with van der Waals surface area (Å²) in [6, 6.07) is 5.15. The van der Waals surface area contributed by atoms with Gasteiger partial charge in [0.1, 0.15) is 18.9 Å². The number of rotatable bonds is 4. The van der Waals surface area contributed by atoms with Gasteiger partial charge in [-0.2, -0.15) is 5.10 Å². The van der Waals surface area contributed by atoms with Crippen molar-refractivity contribution in [3.05, 3.63) is 46.8 Å². The summed E-state index contributed by atoms with van der Waals surface area (Å²) in [6.07, 6.45) is 4.81. The zero-order chi connectivity index (χ0) is 15.5. The molecule has 114 valence electrons. The quantitative estimate of drug-likeness (QED) is 0.641. The molecule has 2 heterocycles. The Balaban J connectivity index is 1.79. The molecule has 1 aromatic carbocycles. The molecule has 0 aliphatic carbocycles. The highest BCUT2D eigenvalue weighted by molar-refractivity contribution is 6.31. The van der Waals surface area contributed by atoms with Gasteiger partial charge in [-0.05, 0) is 37.3 Å². The van der Waals surface area contributed by atoms with E-state index in [-0.39, 0.29) is 5.78 Å². The number of carbonyl (C=O) groups excluding carboxylic acids is 1. The van der Waals surface area contributed by atoms with Crippen LogP contribution in [0.5, 0.6) is 11.5 Å². The molecule has 1 aliphatic rings. The summed E-state index contributed by atoms with van der Waals surface area (Å²) in [5, 5.41) is 4.79. The molecule has 0 N–H and O–H groups in total. The van der Waals surface area contributed by atoms with Crippen molar-refractivity contribution in [1.29, 1.82) is 0 Å². The van der Waals surface area contributed by atoms with Gasteiger partial charge in [0, 0.05) is 18.3 Å². The maximum absolute atomic E-state index is 12.2. The third-order valence-electron chi connectivity index (χ3n) is 3.29. The third-order valence-corrected chi connectivity index (χ3v) is 3.58. The fraction of sp³-hybridized carbons (Fsp3) is 0.250. The summed E-state index contributed by atoms with van der Waals surface area (Å²) in [5.74, 6) is 1.12. The van der Waals surface area contributed by atoms with Crippen molar-refractivity contribution in [3.8, 4) is 11.5 Å². The lowest BCUT2D eigenvalue weighted by Crippen LogP contribution is -2.15. The van der Waals surface area contributed by atoms with E-state index in [9.17, 15) is 4.79 Å². The van der Waals surface area contributed by atoms with E-state index in [4.69, 9.17) is 21.1 Å². The van der Waals surface area contributed by atoms with Gasteiger partial charge >= 0.3 is 0 Å². The topological polar surface area (TPSA) is 53.4 Å². The number of ether oxygens (including phenoxy) is 2. The van der Waals surface area contributed by atoms with Gasteiger partial charge in [0.05, 0.1) is 5.02 Å². The Morgan fingerprint density at radius 1 is 1.36 bits per heavy atom. The largest absolute Gasteiger partial charge is 0.486 e. The highest BCUT2D eigenvalue weighted by Gasteiger charge is 2.14. The number of allylic oxidation sites excluding steroid dienone is 1. The van der Waals surface area contributed by atoms with E-state index in [2.05, 4.69) is 5.10 Å². The molecule has 0 atom stereocenters. The van der Waals surface area contributed by atoms with Gasteiger partial charge in [-0.1, -0.05) is 11.6 Å². The molecule has 3 rings (SSSR count). The molecular weight excluding hydrogens is 304 g/mol. The fourth-order valence-corrected chi connectivity index (χ4v) is 2.35. The molecule has 5 nitrogen and oxygen atoms in total. The first-order valence-electron chi connectivity index (χ1n) is 7.02. The zero-order valence-corrected chi connectivity index (χ0v) is 12.8. The van der Waals surface area contributed by atoms with Crippen LogP contribution >= 0.6 is 11.6 Å². The van der Waals surface area contributed by atoms with E-state index in [0.717, 1.165) is 6.54 Å². The van der Waals surface area contributed by atoms with Crippen molar-refractivity contribution in [2.45, 2.75) is 13.5 Å². The van der Waals surface area contributed by atoms with Crippen molar-refractivity contribution in [2.75, 3.05) is 13.2 Å². The molecule has 22 heavy (non-hydrogen) atoms. The second-order valence-corrected chi connectivity index (χ2v) is 5.18.